The maximum atomic E-state index is 10.4. The number of aromatic nitrogens is 2. The summed E-state index contributed by atoms with van der Waals surface area (Å²) >= 11 is 0. The highest BCUT2D eigenvalue weighted by Gasteiger charge is 2.23. The molecule has 1 rings (SSSR count). The molecule has 0 radical (unpaired) electrons. The van der Waals surface area contributed by atoms with E-state index in [0.29, 0.717) is 5.82 Å². The lowest BCUT2D eigenvalue weighted by molar-refractivity contribution is -0.389. The average molecular weight is 181 g/mol. The van der Waals surface area contributed by atoms with Gasteiger partial charge in [-0.1, -0.05) is 20.8 Å². The van der Waals surface area contributed by atoms with E-state index in [9.17, 15) is 10.1 Å². The van der Waals surface area contributed by atoms with Gasteiger partial charge in [0.05, 0.1) is 6.07 Å². The van der Waals surface area contributed by atoms with Crippen molar-refractivity contribution in [3.8, 4) is 0 Å². The summed E-state index contributed by atoms with van der Waals surface area (Å²) in [5.41, 5.74) is -0.258. The highest BCUT2D eigenvalue weighted by Crippen LogP contribution is 2.19. The van der Waals surface area contributed by atoms with Gasteiger partial charge in [-0.3, -0.25) is 0 Å². The van der Waals surface area contributed by atoms with E-state index in [1.807, 2.05) is 20.8 Å². The van der Waals surface area contributed by atoms with Crippen LogP contribution in [0.1, 0.15) is 26.6 Å². The lowest BCUT2D eigenvalue weighted by Gasteiger charge is -2.11. The fourth-order valence-corrected chi connectivity index (χ4v) is 0.812. The Kier molecular flexibility index (Phi) is 2.27. The first-order chi connectivity index (χ1) is 5.91. The molecule has 0 aliphatic carbocycles. The van der Waals surface area contributed by atoms with Gasteiger partial charge in [0.2, 0.25) is 5.82 Å². The summed E-state index contributed by atoms with van der Waals surface area (Å²) in [5.74, 6) is 0.335. The van der Waals surface area contributed by atoms with E-state index in [2.05, 4.69) is 9.97 Å². The minimum absolute atomic E-state index is 0.153. The van der Waals surface area contributed by atoms with Crippen molar-refractivity contribution in [2.45, 2.75) is 26.2 Å². The van der Waals surface area contributed by atoms with Crippen LogP contribution < -0.4 is 0 Å². The largest absolute Gasteiger partial charge is 0.367 e. The SMILES string of the molecule is CC(C)(C)c1nccc([N+](=O)[O-])n1. The van der Waals surface area contributed by atoms with Crippen LogP contribution >= 0.6 is 0 Å². The van der Waals surface area contributed by atoms with E-state index in [-0.39, 0.29) is 11.2 Å². The van der Waals surface area contributed by atoms with Crippen LogP contribution in [0.3, 0.4) is 0 Å². The van der Waals surface area contributed by atoms with Crippen molar-refractivity contribution in [1.29, 1.82) is 0 Å². The lowest BCUT2D eigenvalue weighted by atomic mass is 9.96. The molecule has 5 nitrogen and oxygen atoms in total. The minimum atomic E-state index is -0.517. The van der Waals surface area contributed by atoms with Crippen molar-refractivity contribution in [3.05, 3.63) is 28.2 Å². The van der Waals surface area contributed by atoms with Crippen LogP contribution in [0.2, 0.25) is 0 Å². The average Bonchev–Trinajstić information content (AvgIpc) is 2.03. The van der Waals surface area contributed by atoms with Gasteiger partial charge in [-0.25, -0.2) is 4.98 Å². The number of hydrogen-bond acceptors (Lipinski definition) is 4. The summed E-state index contributed by atoms with van der Waals surface area (Å²) in [6, 6.07) is 1.29. The summed E-state index contributed by atoms with van der Waals surface area (Å²) in [4.78, 5) is 17.7. The Bertz CT molecular complexity index is 330. The molecular weight excluding hydrogens is 170 g/mol. The zero-order valence-electron chi connectivity index (χ0n) is 7.81. The van der Waals surface area contributed by atoms with Crippen molar-refractivity contribution in [2.24, 2.45) is 0 Å². The summed E-state index contributed by atoms with van der Waals surface area (Å²) in [5, 5.41) is 10.4. The third-order valence-electron chi connectivity index (χ3n) is 1.50. The molecule has 0 fully saturated rings. The van der Waals surface area contributed by atoms with Crippen molar-refractivity contribution in [1.82, 2.24) is 9.97 Å². The zero-order valence-corrected chi connectivity index (χ0v) is 7.81. The molecule has 1 aromatic rings. The monoisotopic (exact) mass is 181 g/mol. The minimum Gasteiger partial charge on any atom is -0.358 e. The van der Waals surface area contributed by atoms with Crippen LogP contribution in [0.5, 0.6) is 0 Å². The maximum Gasteiger partial charge on any atom is 0.367 e. The van der Waals surface area contributed by atoms with E-state index >= 15 is 0 Å². The van der Waals surface area contributed by atoms with E-state index < -0.39 is 4.92 Å². The van der Waals surface area contributed by atoms with Crippen molar-refractivity contribution >= 4 is 5.82 Å². The molecule has 1 aromatic heterocycles. The molecule has 13 heavy (non-hydrogen) atoms. The first kappa shape index (κ1) is 9.57. The Labute approximate surface area is 76.0 Å². The standard InChI is InChI=1S/C8H11N3O2/c1-8(2,3)7-9-5-4-6(10-7)11(12)13/h4-5H,1-3H3. The quantitative estimate of drug-likeness (QED) is 0.488. The summed E-state index contributed by atoms with van der Waals surface area (Å²) < 4.78 is 0. The predicted molar refractivity (Wildman–Crippen MR) is 47.4 cm³/mol. The predicted octanol–water partition coefficient (Wildman–Crippen LogP) is 1.68. The Morgan fingerprint density at radius 3 is 2.54 bits per heavy atom. The Hall–Kier alpha value is -1.52. The second kappa shape index (κ2) is 3.08. The van der Waals surface area contributed by atoms with Gasteiger partial charge in [-0.2, -0.15) is 0 Å². The molecule has 0 bridgehead atoms. The van der Waals surface area contributed by atoms with Crippen LogP contribution in [-0.2, 0) is 5.41 Å². The molecule has 0 atom stereocenters. The number of nitro groups is 1. The van der Waals surface area contributed by atoms with Gasteiger partial charge >= 0.3 is 5.82 Å². The second-order valence-electron chi connectivity index (χ2n) is 3.75. The van der Waals surface area contributed by atoms with Crippen LogP contribution in [0.25, 0.3) is 0 Å². The molecule has 0 spiro atoms. The first-order valence-electron chi connectivity index (χ1n) is 3.89. The summed E-state index contributed by atoms with van der Waals surface area (Å²) in [6.07, 6.45) is 1.41. The van der Waals surface area contributed by atoms with E-state index in [1.165, 1.54) is 12.3 Å². The van der Waals surface area contributed by atoms with Gasteiger partial charge in [0, 0.05) is 11.6 Å². The lowest BCUT2D eigenvalue weighted by Crippen LogP contribution is -2.16. The molecule has 1 heterocycles. The van der Waals surface area contributed by atoms with Crippen molar-refractivity contribution in [3.63, 3.8) is 0 Å². The zero-order chi connectivity index (χ0) is 10.1. The van der Waals surface area contributed by atoms with Gasteiger partial charge in [0.1, 0.15) is 0 Å². The molecular formula is C8H11N3O2. The van der Waals surface area contributed by atoms with Crippen LogP contribution in [-0.4, -0.2) is 14.9 Å². The first-order valence-corrected chi connectivity index (χ1v) is 3.89. The molecule has 0 unspecified atom stereocenters. The molecule has 0 aliphatic heterocycles. The van der Waals surface area contributed by atoms with Gasteiger partial charge in [0.15, 0.2) is 0 Å². The normalized spacial score (nSPS) is 11.3. The van der Waals surface area contributed by atoms with E-state index in [1.54, 1.807) is 0 Å². The Morgan fingerprint density at radius 1 is 1.46 bits per heavy atom. The molecule has 0 amide bonds. The third-order valence-corrected chi connectivity index (χ3v) is 1.50. The van der Waals surface area contributed by atoms with Crippen molar-refractivity contribution in [2.75, 3.05) is 0 Å². The van der Waals surface area contributed by atoms with Gasteiger partial charge < -0.3 is 10.1 Å². The van der Waals surface area contributed by atoms with Gasteiger partial charge in [0.25, 0.3) is 0 Å². The fourth-order valence-electron chi connectivity index (χ4n) is 0.812. The smallest absolute Gasteiger partial charge is 0.358 e. The Morgan fingerprint density at radius 2 is 2.08 bits per heavy atom. The van der Waals surface area contributed by atoms with Crippen LogP contribution in [0.4, 0.5) is 5.82 Å². The van der Waals surface area contributed by atoms with Crippen LogP contribution in [0, 0.1) is 10.1 Å². The topological polar surface area (TPSA) is 68.9 Å². The number of rotatable bonds is 1. The van der Waals surface area contributed by atoms with E-state index in [4.69, 9.17) is 0 Å². The van der Waals surface area contributed by atoms with Gasteiger partial charge in [-0.05, 0) is 9.91 Å². The summed E-state index contributed by atoms with van der Waals surface area (Å²) in [7, 11) is 0. The fraction of sp³-hybridized carbons (Fsp3) is 0.500. The molecule has 0 aliphatic rings. The summed E-state index contributed by atoms with van der Waals surface area (Å²) in [6.45, 7) is 5.73. The highest BCUT2D eigenvalue weighted by molar-refractivity contribution is 5.18. The molecule has 0 aromatic carbocycles. The molecule has 0 saturated carbocycles. The molecule has 0 N–H and O–H groups in total. The number of hydrogen-bond donors (Lipinski definition) is 0. The van der Waals surface area contributed by atoms with Gasteiger partial charge in [-0.15, -0.1) is 0 Å². The molecule has 0 saturated heterocycles. The maximum absolute atomic E-state index is 10.4. The van der Waals surface area contributed by atoms with Crippen LogP contribution in [0.15, 0.2) is 12.3 Å². The highest BCUT2D eigenvalue weighted by atomic mass is 16.6. The third kappa shape index (κ3) is 2.21. The molecule has 70 valence electrons. The van der Waals surface area contributed by atoms with E-state index in [0.717, 1.165) is 0 Å². The van der Waals surface area contributed by atoms with Crippen molar-refractivity contribution < 1.29 is 4.92 Å². The molecule has 5 heteroatoms. The number of nitrogens with zero attached hydrogens (tertiary/aromatic N) is 3. The second-order valence-corrected chi connectivity index (χ2v) is 3.75. The Balaban J connectivity index is 3.13.